The van der Waals surface area contributed by atoms with E-state index in [-0.39, 0.29) is 24.0 Å². The first-order valence-electron chi connectivity index (χ1n) is 7.84. The summed E-state index contributed by atoms with van der Waals surface area (Å²) in [6.45, 7) is 1.31. The highest BCUT2D eigenvalue weighted by Gasteiger charge is 2.06. The van der Waals surface area contributed by atoms with Crippen molar-refractivity contribution < 1.29 is 9.47 Å². The van der Waals surface area contributed by atoms with E-state index in [0.717, 1.165) is 23.8 Å². The van der Waals surface area contributed by atoms with Gasteiger partial charge in [-0.05, 0) is 23.3 Å². The zero-order valence-electron chi connectivity index (χ0n) is 15.2. The van der Waals surface area contributed by atoms with Crippen molar-refractivity contribution in [3.05, 3.63) is 59.7 Å². The summed E-state index contributed by atoms with van der Waals surface area (Å²) in [5.41, 5.74) is 2.28. The van der Waals surface area contributed by atoms with Crippen LogP contribution in [0.4, 0.5) is 0 Å². The Morgan fingerprint density at radius 3 is 2.24 bits per heavy atom. The normalized spacial score (nSPS) is 10.6. The Hall–Kier alpha value is -1.96. The number of halogens is 1. The van der Waals surface area contributed by atoms with Gasteiger partial charge in [-0.1, -0.05) is 36.4 Å². The largest absolute Gasteiger partial charge is 0.493 e. The minimum Gasteiger partial charge on any atom is -0.493 e. The lowest BCUT2D eigenvalue weighted by Crippen LogP contribution is -2.36. The fourth-order valence-electron chi connectivity index (χ4n) is 2.28. The number of hydrogen-bond acceptors (Lipinski definition) is 3. The zero-order chi connectivity index (χ0) is 17.4. The predicted molar refractivity (Wildman–Crippen MR) is 113 cm³/mol. The first kappa shape index (κ1) is 21.1. The van der Waals surface area contributed by atoms with Crippen LogP contribution in [0.2, 0.25) is 0 Å². The maximum Gasteiger partial charge on any atom is 0.194 e. The van der Waals surface area contributed by atoms with Crippen molar-refractivity contribution in [2.24, 2.45) is 4.99 Å². The van der Waals surface area contributed by atoms with Crippen LogP contribution in [0.25, 0.3) is 0 Å². The van der Waals surface area contributed by atoms with Crippen LogP contribution in [0.1, 0.15) is 11.1 Å². The monoisotopic (exact) mass is 455 g/mol. The molecule has 6 heteroatoms. The fourth-order valence-corrected chi connectivity index (χ4v) is 2.28. The van der Waals surface area contributed by atoms with E-state index >= 15 is 0 Å². The van der Waals surface area contributed by atoms with Gasteiger partial charge in [0.1, 0.15) is 0 Å². The van der Waals surface area contributed by atoms with Gasteiger partial charge >= 0.3 is 0 Å². The van der Waals surface area contributed by atoms with Gasteiger partial charge in [-0.3, -0.25) is 0 Å². The molecule has 2 aromatic rings. The Morgan fingerprint density at radius 2 is 1.64 bits per heavy atom. The number of aliphatic imine (C=N–C) groups is 1. The van der Waals surface area contributed by atoms with Crippen molar-refractivity contribution in [3.63, 3.8) is 0 Å². The minimum atomic E-state index is 0. The number of guanidine groups is 1. The SMILES string of the molecule is COc1ccc(CN=C(NCc2ccccc2)N(C)C)cc1OC.I. The number of benzene rings is 2. The quantitative estimate of drug-likeness (QED) is 0.412. The summed E-state index contributed by atoms with van der Waals surface area (Å²) in [5, 5.41) is 3.38. The highest BCUT2D eigenvalue weighted by molar-refractivity contribution is 14.0. The standard InChI is InChI=1S/C19H25N3O2.HI/c1-22(2)19(20-13-15-8-6-5-7-9-15)21-14-16-10-11-17(23-3)18(12-16)24-4;/h5-12H,13-14H2,1-4H3,(H,20,21);1H. The van der Waals surface area contributed by atoms with Crippen LogP contribution in [0.5, 0.6) is 11.5 Å². The Bertz CT molecular complexity index is 676. The van der Waals surface area contributed by atoms with Crippen molar-refractivity contribution in [1.82, 2.24) is 10.2 Å². The van der Waals surface area contributed by atoms with Crippen molar-refractivity contribution in [3.8, 4) is 11.5 Å². The minimum absolute atomic E-state index is 0. The van der Waals surface area contributed by atoms with Crippen molar-refractivity contribution >= 4 is 29.9 Å². The molecular weight excluding hydrogens is 429 g/mol. The van der Waals surface area contributed by atoms with Crippen LogP contribution in [0, 0.1) is 0 Å². The lowest BCUT2D eigenvalue weighted by Gasteiger charge is -2.18. The molecule has 0 saturated carbocycles. The first-order chi connectivity index (χ1) is 11.6. The summed E-state index contributed by atoms with van der Waals surface area (Å²) in [4.78, 5) is 6.65. The van der Waals surface area contributed by atoms with Gasteiger partial charge in [-0.15, -0.1) is 24.0 Å². The highest BCUT2D eigenvalue weighted by atomic mass is 127. The number of nitrogens with one attached hydrogen (secondary N) is 1. The summed E-state index contributed by atoms with van der Waals surface area (Å²) in [6.07, 6.45) is 0. The van der Waals surface area contributed by atoms with Crippen LogP contribution in [-0.2, 0) is 13.1 Å². The number of methoxy groups -OCH3 is 2. The molecule has 0 bridgehead atoms. The van der Waals surface area contributed by atoms with E-state index in [1.54, 1.807) is 14.2 Å². The molecular formula is C19H26IN3O2. The summed E-state index contributed by atoms with van der Waals surface area (Å²) in [7, 11) is 7.22. The summed E-state index contributed by atoms with van der Waals surface area (Å²) in [5.74, 6) is 2.28. The summed E-state index contributed by atoms with van der Waals surface area (Å²) >= 11 is 0. The maximum absolute atomic E-state index is 5.34. The molecule has 5 nitrogen and oxygen atoms in total. The van der Waals surface area contributed by atoms with E-state index < -0.39 is 0 Å². The van der Waals surface area contributed by atoms with E-state index in [4.69, 9.17) is 9.47 Å². The molecule has 0 saturated heterocycles. The van der Waals surface area contributed by atoms with Gasteiger partial charge < -0.3 is 19.7 Å². The number of hydrogen-bond donors (Lipinski definition) is 1. The van der Waals surface area contributed by atoms with Crippen molar-refractivity contribution in [1.29, 1.82) is 0 Å². The van der Waals surface area contributed by atoms with Crippen LogP contribution in [-0.4, -0.2) is 39.2 Å². The third-order valence-electron chi connectivity index (χ3n) is 3.58. The second-order valence-electron chi connectivity index (χ2n) is 5.56. The van der Waals surface area contributed by atoms with Crippen LogP contribution in [0.3, 0.4) is 0 Å². The van der Waals surface area contributed by atoms with E-state index in [1.807, 2.05) is 55.4 Å². The maximum atomic E-state index is 5.34. The Balaban J connectivity index is 0.00000312. The Morgan fingerprint density at radius 1 is 0.960 bits per heavy atom. The molecule has 25 heavy (non-hydrogen) atoms. The Kier molecular flexibility index (Phi) is 9.12. The van der Waals surface area contributed by atoms with Crippen LogP contribution in [0.15, 0.2) is 53.5 Å². The van der Waals surface area contributed by atoms with Gasteiger partial charge in [-0.25, -0.2) is 4.99 Å². The first-order valence-corrected chi connectivity index (χ1v) is 7.84. The van der Waals surface area contributed by atoms with Gasteiger partial charge in [0, 0.05) is 20.6 Å². The van der Waals surface area contributed by atoms with Crippen LogP contribution < -0.4 is 14.8 Å². The molecule has 0 amide bonds. The molecule has 0 atom stereocenters. The molecule has 0 radical (unpaired) electrons. The molecule has 0 spiro atoms. The zero-order valence-corrected chi connectivity index (χ0v) is 17.5. The fraction of sp³-hybridized carbons (Fsp3) is 0.316. The molecule has 0 heterocycles. The van der Waals surface area contributed by atoms with Gasteiger partial charge in [0.15, 0.2) is 17.5 Å². The molecule has 2 aromatic carbocycles. The lowest BCUT2D eigenvalue weighted by atomic mass is 10.2. The summed E-state index contributed by atoms with van der Waals surface area (Å²) < 4.78 is 10.6. The third kappa shape index (κ3) is 6.45. The van der Waals surface area contributed by atoms with Crippen LogP contribution >= 0.6 is 24.0 Å². The second kappa shape index (κ2) is 10.8. The van der Waals surface area contributed by atoms with Crippen molar-refractivity contribution in [2.75, 3.05) is 28.3 Å². The van der Waals surface area contributed by atoms with Gasteiger partial charge in [-0.2, -0.15) is 0 Å². The molecule has 0 aromatic heterocycles. The molecule has 1 N–H and O–H groups in total. The van der Waals surface area contributed by atoms with E-state index in [2.05, 4.69) is 22.4 Å². The summed E-state index contributed by atoms with van der Waals surface area (Å²) in [6, 6.07) is 16.1. The second-order valence-corrected chi connectivity index (χ2v) is 5.56. The van der Waals surface area contributed by atoms with E-state index in [1.165, 1.54) is 5.56 Å². The average molecular weight is 455 g/mol. The van der Waals surface area contributed by atoms with Gasteiger partial charge in [0.2, 0.25) is 0 Å². The molecule has 2 rings (SSSR count). The van der Waals surface area contributed by atoms with E-state index in [9.17, 15) is 0 Å². The van der Waals surface area contributed by atoms with Gasteiger partial charge in [0.25, 0.3) is 0 Å². The Labute approximate surface area is 167 Å². The highest BCUT2D eigenvalue weighted by Crippen LogP contribution is 2.27. The lowest BCUT2D eigenvalue weighted by molar-refractivity contribution is 0.354. The predicted octanol–water partition coefficient (Wildman–Crippen LogP) is 3.53. The molecule has 0 aliphatic heterocycles. The molecule has 0 unspecified atom stereocenters. The molecule has 0 aliphatic rings. The number of rotatable bonds is 6. The van der Waals surface area contributed by atoms with Gasteiger partial charge in [0.05, 0.1) is 20.8 Å². The third-order valence-corrected chi connectivity index (χ3v) is 3.58. The average Bonchev–Trinajstić information content (AvgIpc) is 2.62. The van der Waals surface area contributed by atoms with E-state index in [0.29, 0.717) is 12.3 Å². The molecule has 136 valence electrons. The number of nitrogens with zero attached hydrogens (tertiary/aromatic N) is 2. The topological polar surface area (TPSA) is 46.1 Å². The smallest absolute Gasteiger partial charge is 0.194 e. The molecule has 0 fully saturated rings. The van der Waals surface area contributed by atoms with Crippen molar-refractivity contribution in [2.45, 2.75) is 13.1 Å². The molecule has 0 aliphatic carbocycles. The number of ether oxygens (including phenoxy) is 2.